The van der Waals surface area contributed by atoms with Crippen LogP contribution in [0.3, 0.4) is 0 Å². The highest BCUT2D eigenvalue weighted by Gasteiger charge is 2.24. The van der Waals surface area contributed by atoms with Crippen molar-refractivity contribution in [2.45, 2.75) is 0 Å². The van der Waals surface area contributed by atoms with Crippen LogP contribution in [0.15, 0.2) is 180 Å². The number of benzene rings is 8. The summed E-state index contributed by atoms with van der Waals surface area (Å²) >= 11 is 1.86. The van der Waals surface area contributed by atoms with Crippen LogP contribution in [0.4, 0.5) is 17.1 Å². The smallest absolute Gasteiger partial charge is 0.159 e. The zero-order chi connectivity index (χ0) is 32.3. The van der Waals surface area contributed by atoms with Gasteiger partial charge in [-0.25, -0.2) is 0 Å². The van der Waals surface area contributed by atoms with Crippen molar-refractivity contribution >= 4 is 81.3 Å². The van der Waals surface area contributed by atoms with E-state index in [4.69, 9.17) is 4.42 Å². The number of para-hydroxylation sites is 2. The van der Waals surface area contributed by atoms with Gasteiger partial charge in [-0.05, 0) is 75.5 Å². The van der Waals surface area contributed by atoms with Crippen molar-refractivity contribution in [2.75, 3.05) is 4.90 Å². The largest absolute Gasteiger partial charge is 0.454 e. The Morgan fingerprint density at radius 3 is 2.04 bits per heavy atom. The topological polar surface area (TPSA) is 16.4 Å². The number of fused-ring (bicyclic) bond motifs is 7. The Labute approximate surface area is 287 Å². The van der Waals surface area contributed by atoms with E-state index >= 15 is 0 Å². The Balaban J connectivity index is 1.23. The van der Waals surface area contributed by atoms with E-state index in [9.17, 15) is 0 Å². The van der Waals surface area contributed by atoms with Crippen LogP contribution in [0.2, 0.25) is 0 Å². The summed E-state index contributed by atoms with van der Waals surface area (Å²) in [5.41, 5.74) is 9.82. The van der Waals surface area contributed by atoms with Gasteiger partial charge in [0.2, 0.25) is 0 Å². The van der Waals surface area contributed by atoms with Crippen LogP contribution in [0.1, 0.15) is 0 Å². The lowest BCUT2D eigenvalue weighted by molar-refractivity contribution is 0.669. The van der Waals surface area contributed by atoms with Gasteiger partial charge in [-0.3, -0.25) is 0 Å². The van der Waals surface area contributed by atoms with E-state index in [1.54, 1.807) is 0 Å². The van der Waals surface area contributed by atoms with Crippen molar-refractivity contribution in [3.8, 4) is 22.3 Å². The standard InChI is InChI=1S/C46H29NOS/c1-2-12-32(13-3-1)36-27-28-40(44-39-16-7-9-20-43(39)49-46(36)44)47(41-18-10-17-38-37-15-6-8-19-42(37)48-45(38)41)35-25-23-31(24-26-35)34-22-21-30-11-4-5-14-33(30)29-34/h1-29H. The third-order valence-electron chi connectivity index (χ3n) is 9.66. The van der Waals surface area contributed by atoms with Crippen LogP contribution in [0, 0.1) is 0 Å². The summed E-state index contributed by atoms with van der Waals surface area (Å²) in [6.07, 6.45) is 0. The van der Waals surface area contributed by atoms with Gasteiger partial charge in [-0.2, -0.15) is 0 Å². The minimum absolute atomic E-state index is 0.877. The third-order valence-corrected chi connectivity index (χ3v) is 10.9. The monoisotopic (exact) mass is 643 g/mol. The molecule has 0 spiro atoms. The molecule has 49 heavy (non-hydrogen) atoms. The van der Waals surface area contributed by atoms with Crippen LogP contribution in [0.5, 0.6) is 0 Å². The maximum absolute atomic E-state index is 6.68. The average molecular weight is 644 g/mol. The van der Waals surface area contributed by atoms with E-state index in [0.717, 1.165) is 39.0 Å². The lowest BCUT2D eigenvalue weighted by atomic mass is 9.99. The average Bonchev–Trinajstić information content (AvgIpc) is 3.75. The first kappa shape index (κ1) is 27.9. The van der Waals surface area contributed by atoms with Gasteiger partial charge in [-0.1, -0.05) is 133 Å². The van der Waals surface area contributed by atoms with E-state index in [1.807, 2.05) is 17.4 Å². The van der Waals surface area contributed by atoms with Crippen LogP contribution in [-0.4, -0.2) is 0 Å². The zero-order valence-electron chi connectivity index (χ0n) is 26.5. The predicted octanol–water partition coefficient (Wildman–Crippen LogP) is 13.9. The first-order chi connectivity index (χ1) is 24.3. The molecule has 2 heterocycles. The molecule has 0 bridgehead atoms. The van der Waals surface area contributed by atoms with Gasteiger partial charge in [-0.15, -0.1) is 11.3 Å². The highest BCUT2D eigenvalue weighted by Crippen LogP contribution is 2.50. The van der Waals surface area contributed by atoms with Gasteiger partial charge >= 0.3 is 0 Å². The van der Waals surface area contributed by atoms with E-state index in [2.05, 4.69) is 175 Å². The summed E-state index contributed by atoms with van der Waals surface area (Å²) < 4.78 is 9.23. The molecule has 2 aromatic heterocycles. The number of rotatable bonds is 5. The molecule has 0 atom stereocenters. The molecular weight excluding hydrogens is 615 g/mol. The van der Waals surface area contributed by atoms with E-state index < -0.39 is 0 Å². The van der Waals surface area contributed by atoms with E-state index in [1.165, 1.54) is 53.2 Å². The molecule has 0 aliphatic carbocycles. The minimum Gasteiger partial charge on any atom is -0.454 e. The third kappa shape index (κ3) is 4.55. The molecule has 0 unspecified atom stereocenters. The zero-order valence-corrected chi connectivity index (χ0v) is 27.3. The van der Waals surface area contributed by atoms with E-state index in [-0.39, 0.29) is 0 Å². The van der Waals surface area contributed by atoms with Crippen molar-refractivity contribution in [3.05, 3.63) is 176 Å². The van der Waals surface area contributed by atoms with E-state index in [0.29, 0.717) is 0 Å². The lowest BCUT2D eigenvalue weighted by Gasteiger charge is -2.27. The summed E-state index contributed by atoms with van der Waals surface area (Å²) in [4.78, 5) is 2.39. The van der Waals surface area contributed by atoms with Crippen molar-refractivity contribution in [1.29, 1.82) is 0 Å². The highest BCUT2D eigenvalue weighted by molar-refractivity contribution is 7.26. The van der Waals surface area contributed by atoms with Crippen LogP contribution < -0.4 is 4.90 Å². The molecule has 0 aliphatic heterocycles. The van der Waals surface area contributed by atoms with Gasteiger partial charge in [0.25, 0.3) is 0 Å². The molecule has 0 aliphatic rings. The summed E-state index contributed by atoms with van der Waals surface area (Å²) in [7, 11) is 0. The van der Waals surface area contributed by atoms with Crippen LogP contribution in [-0.2, 0) is 0 Å². The molecule has 10 aromatic rings. The quantitative estimate of drug-likeness (QED) is 0.186. The SMILES string of the molecule is c1ccc(-c2ccc(N(c3ccc(-c4ccc5ccccc5c4)cc3)c3cccc4c3oc3ccccc34)c3c2sc2ccccc23)cc1. The fourth-order valence-corrected chi connectivity index (χ4v) is 8.59. The van der Waals surface area contributed by atoms with Gasteiger partial charge in [0.05, 0.1) is 11.4 Å². The maximum Gasteiger partial charge on any atom is 0.159 e. The Morgan fingerprint density at radius 2 is 1.16 bits per heavy atom. The molecular formula is C46H29NOS. The van der Waals surface area contributed by atoms with Gasteiger partial charge < -0.3 is 9.32 Å². The second kappa shape index (κ2) is 11.2. The van der Waals surface area contributed by atoms with Crippen molar-refractivity contribution in [3.63, 3.8) is 0 Å². The fourth-order valence-electron chi connectivity index (χ4n) is 7.33. The number of furan rings is 1. The van der Waals surface area contributed by atoms with Gasteiger partial charge in [0, 0.05) is 36.6 Å². The number of anilines is 3. The maximum atomic E-state index is 6.68. The Hall–Kier alpha value is -6.16. The molecule has 3 heteroatoms. The molecule has 0 radical (unpaired) electrons. The molecule has 10 rings (SSSR count). The molecule has 2 nitrogen and oxygen atoms in total. The van der Waals surface area contributed by atoms with Crippen molar-refractivity contribution in [2.24, 2.45) is 0 Å². The summed E-state index contributed by atoms with van der Waals surface area (Å²) in [6.45, 7) is 0. The molecule has 0 saturated heterocycles. The fraction of sp³-hybridized carbons (Fsp3) is 0. The highest BCUT2D eigenvalue weighted by atomic mass is 32.1. The predicted molar refractivity (Wildman–Crippen MR) is 210 cm³/mol. The first-order valence-corrected chi connectivity index (χ1v) is 17.4. The number of hydrogen-bond acceptors (Lipinski definition) is 3. The van der Waals surface area contributed by atoms with Gasteiger partial charge in [0.1, 0.15) is 5.58 Å². The minimum atomic E-state index is 0.877. The summed E-state index contributed by atoms with van der Waals surface area (Å²) in [5, 5.41) is 7.22. The van der Waals surface area contributed by atoms with Crippen molar-refractivity contribution in [1.82, 2.24) is 0 Å². The second-order valence-corrected chi connectivity index (χ2v) is 13.5. The normalized spacial score (nSPS) is 11.7. The molecule has 230 valence electrons. The molecule has 0 saturated carbocycles. The molecule has 0 N–H and O–H groups in total. The van der Waals surface area contributed by atoms with Crippen molar-refractivity contribution < 1.29 is 4.42 Å². The molecule has 0 fully saturated rings. The van der Waals surface area contributed by atoms with Crippen LogP contribution >= 0.6 is 11.3 Å². The van der Waals surface area contributed by atoms with Crippen LogP contribution in [0.25, 0.3) is 75.1 Å². The number of thiophene rings is 1. The Kier molecular flexibility index (Phi) is 6.39. The molecule has 8 aromatic carbocycles. The number of hydrogen-bond donors (Lipinski definition) is 0. The number of nitrogens with zero attached hydrogens (tertiary/aromatic N) is 1. The molecule has 0 amide bonds. The van der Waals surface area contributed by atoms with Gasteiger partial charge in [0.15, 0.2) is 5.58 Å². The summed E-state index contributed by atoms with van der Waals surface area (Å²) in [5.74, 6) is 0. The first-order valence-electron chi connectivity index (χ1n) is 16.6. The second-order valence-electron chi connectivity index (χ2n) is 12.5. The summed E-state index contributed by atoms with van der Waals surface area (Å²) in [6, 6.07) is 63.1. The lowest BCUT2D eigenvalue weighted by Crippen LogP contribution is -2.10. The Bertz CT molecular complexity index is 2830. The Morgan fingerprint density at radius 1 is 0.449 bits per heavy atom.